The number of hydrogen-bond acceptors (Lipinski definition) is 6. The Balaban J connectivity index is 1.83. The van der Waals surface area contributed by atoms with E-state index in [0.29, 0.717) is 46.0 Å². The normalized spacial score (nSPS) is 11.7. The fourth-order valence-electron chi connectivity index (χ4n) is 4.38. The summed E-state index contributed by atoms with van der Waals surface area (Å²) in [6.07, 6.45) is 2.07. The van der Waals surface area contributed by atoms with Gasteiger partial charge >= 0.3 is 0 Å². The Labute approximate surface area is 209 Å². The first-order valence-electron chi connectivity index (χ1n) is 11.3. The summed E-state index contributed by atoms with van der Waals surface area (Å²) in [5.74, 6) is 0.500. The fourth-order valence-corrected chi connectivity index (χ4v) is 5.88. The number of ether oxygens (including phenoxy) is 2. The van der Waals surface area contributed by atoms with Gasteiger partial charge in [0.15, 0.2) is 6.29 Å². The van der Waals surface area contributed by atoms with Crippen LogP contribution in [0.25, 0.3) is 21.8 Å². The van der Waals surface area contributed by atoms with Crippen LogP contribution in [-0.4, -0.2) is 30.8 Å². The van der Waals surface area contributed by atoms with E-state index in [2.05, 4.69) is 4.98 Å². The minimum absolute atomic E-state index is 0.0785. The van der Waals surface area contributed by atoms with Gasteiger partial charge in [0.25, 0.3) is 10.0 Å². The lowest BCUT2D eigenvalue weighted by atomic mass is 10.1. The Kier molecular flexibility index (Phi) is 6.30. The summed E-state index contributed by atoms with van der Waals surface area (Å²) in [4.78, 5) is 16.3. The summed E-state index contributed by atoms with van der Waals surface area (Å²) in [6, 6.07) is 21.7. The second-order valence-electron chi connectivity index (χ2n) is 8.44. The van der Waals surface area contributed by atoms with Crippen molar-refractivity contribution in [2.24, 2.45) is 0 Å². The molecule has 0 atom stereocenters. The highest BCUT2D eigenvalue weighted by Crippen LogP contribution is 2.40. The summed E-state index contributed by atoms with van der Waals surface area (Å²) in [7, 11) is -2.49. The third-order valence-electron chi connectivity index (χ3n) is 6.08. The summed E-state index contributed by atoms with van der Waals surface area (Å²) in [6.45, 7) is 2.27. The van der Waals surface area contributed by atoms with Gasteiger partial charge in [-0.15, -0.1) is 0 Å². The molecule has 182 valence electrons. The van der Waals surface area contributed by atoms with Crippen molar-refractivity contribution < 1.29 is 22.7 Å². The van der Waals surface area contributed by atoms with Crippen molar-refractivity contribution in [2.45, 2.75) is 25.0 Å². The van der Waals surface area contributed by atoms with Crippen LogP contribution in [0.1, 0.15) is 27.2 Å². The highest BCUT2D eigenvalue weighted by atomic mass is 32.2. The van der Waals surface area contributed by atoms with Crippen LogP contribution in [-0.2, 0) is 28.0 Å². The molecule has 7 nitrogen and oxygen atoms in total. The van der Waals surface area contributed by atoms with E-state index in [1.807, 2.05) is 37.3 Å². The molecule has 0 aliphatic rings. The van der Waals surface area contributed by atoms with E-state index in [1.54, 1.807) is 42.5 Å². The summed E-state index contributed by atoms with van der Waals surface area (Å²) in [5.41, 5.74) is 3.39. The molecule has 5 rings (SSSR count). The molecule has 0 radical (unpaired) electrons. The highest BCUT2D eigenvalue weighted by molar-refractivity contribution is 7.90. The molecule has 0 bridgehead atoms. The molecule has 2 heterocycles. The predicted molar refractivity (Wildman–Crippen MR) is 138 cm³/mol. The van der Waals surface area contributed by atoms with Crippen molar-refractivity contribution in [3.05, 3.63) is 101 Å². The zero-order valence-corrected chi connectivity index (χ0v) is 20.7. The van der Waals surface area contributed by atoms with E-state index in [9.17, 15) is 13.2 Å². The van der Waals surface area contributed by atoms with E-state index >= 15 is 0 Å². The molecule has 8 heteroatoms. The molecule has 0 saturated heterocycles. The van der Waals surface area contributed by atoms with Gasteiger partial charge in [0, 0.05) is 18.1 Å². The first-order valence-corrected chi connectivity index (χ1v) is 12.8. The van der Waals surface area contributed by atoms with Crippen molar-refractivity contribution in [2.75, 3.05) is 7.11 Å². The second-order valence-corrected chi connectivity index (χ2v) is 10.2. The Morgan fingerprint density at radius 3 is 2.33 bits per heavy atom. The van der Waals surface area contributed by atoms with Crippen LogP contribution < -0.4 is 4.74 Å². The molecule has 0 spiro atoms. The van der Waals surface area contributed by atoms with Crippen LogP contribution in [0.15, 0.2) is 83.9 Å². The topological polar surface area (TPSA) is 87.5 Å². The van der Waals surface area contributed by atoms with Gasteiger partial charge in [0.05, 0.1) is 34.1 Å². The van der Waals surface area contributed by atoms with Crippen molar-refractivity contribution >= 4 is 38.1 Å². The molecule has 0 aliphatic heterocycles. The van der Waals surface area contributed by atoms with Gasteiger partial charge in [-0.3, -0.25) is 9.78 Å². The number of rotatable bonds is 8. The number of pyridine rings is 1. The zero-order valence-electron chi connectivity index (χ0n) is 19.8. The molecule has 2 aromatic heterocycles. The number of methoxy groups -OCH3 is 1. The number of carbonyl (C=O) groups is 1. The molecule has 36 heavy (non-hydrogen) atoms. The van der Waals surface area contributed by atoms with Crippen molar-refractivity contribution in [3.63, 3.8) is 0 Å². The number of fused-ring (bicyclic) bond motifs is 3. The van der Waals surface area contributed by atoms with Gasteiger partial charge in [-0.05, 0) is 36.8 Å². The van der Waals surface area contributed by atoms with Crippen LogP contribution in [0, 0.1) is 6.92 Å². The minimum atomic E-state index is -4.01. The van der Waals surface area contributed by atoms with E-state index in [4.69, 9.17) is 9.47 Å². The second kappa shape index (κ2) is 9.56. The zero-order chi connectivity index (χ0) is 25.3. The first kappa shape index (κ1) is 23.7. The molecule has 0 unspecified atom stereocenters. The van der Waals surface area contributed by atoms with Crippen molar-refractivity contribution in [1.82, 2.24) is 8.96 Å². The van der Waals surface area contributed by atoms with Crippen LogP contribution in [0.4, 0.5) is 0 Å². The Bertz CT molecular complexity index is 1680. The Morgan fingerprint density at radius 1 is 0.889 bits per heavy atom. The molecule has 0 N–H and O–H groups in total. The van der Waals surface area contributed by atoms with Crippen LogP contribution in [0.5, 0.6) is 5.75 Å². The van der Waals surface area contributed by atoms with E-state index in [1.165, 1.54) is 17.3 Å². The third-order valence-corrected chi connectivity index (χ3v) is 7.82. The van der Waals surface area contributed by atoms with Crippen molar-refractivity contribution in [3.8, 4) is 5.75 Å². The smallest absolute Gasteiger partial charge is 0.268 e. The molecule has 5 aromatic rings. The molecule has 0 amide bonds. The molecular formula is C28H24N2O5S. The lowest BCUT2D eigenvalue weighted by molar-refractivity contribution is 0.111. The van der Waals surface area contributed by atoms with Gasteiger partial charge in [-0.25, -0.2) is 12.4 Å². The number of carbonyl (C=O) groups excluding carboxylic acids is 1. The number of hydrogen-bond donors (Lipinski definition) is 0. The number of nitrogens with zero attached hydrogens (tertiary/aromatic N) is 2. The predicted octanol–water partition coefficient (Wildman–Crippen LogP) is 5.27. The maximum Gasteiger partial charge on any atom is 0.268 e. The molecule has 0 saturated carbocycles. The van der Waals surface area contributed by atoms with Gasteiger partial charge in [0.1, 0.15) is 18.1 Å². The number of aromatic nitrogens is 2. The third kappa shape index (κ3) is 4.04. The molecule has 3 aromatic carbocycles. The first-order chi connectivity index (χ1) is 17.5. The lowest BCUT2D eigenvalue weighted by Gasteiger charge is -2.11. The Morgan fingerprint density at radius 2 is 1.64 bits per heavy atom. The fraction of sp³-hybridized carbons (Fsp3) is 0.143. The van der Waals surface area contributed by atoms with Gasteiger partial charge in [0.2, 0.25) is 0 Å². The maximum absolute atomic E-state index is 13.9. The summed E-state index contributed by atoms with van der Waals surface area (Å²) < 4.78 is 40.8. The average Bonchev–Trinajstić information content (AvgIpc) is 3.25. The van der Waals surface area contributed by atoms with Gasteiger partial charge < -0.3 is 9.47 Å². The average molecular weight is 501 g/mol. The largest absolute Gasteiger partial charge is 0.488 e. The van der Waals surface area contributed by atoms with E-state index in [0.717, 1.165) is 11.1 Å². The summed E-state index contributed by atoms with van der Waals surface area (Å²) in [5, 5.41) is 1.14. The molecule has 0 aliphatic carbocycles. The van der Waals surface area contributed by atoms with Crippen LogP contribution in [0.3, 0.4) is 0 Å². The van der Waals surface area contributed by atoms with E-state index in [-0.39, 0.29) is 17.2 Å². The SMILES string of the molecule is COCc1c(C=O)ncc2c1c1c(OCc3ccccc3)cccc1n2S(=O)(=O)c1ccc(C)cc1. The van der Waals surface area contributed by atoms with Gasteiger partial charge in [-0.1, -0.05) is 54.1 Å². The standard InChI is InChI=1S/C28H24N2O5S/c1-19-11-13-21(14-12-19)36(32,33)30-24-9-6-10-26(35-17-20-7-4-3-5-8-20)28(24)27-22(18-34-2)23(16-31)29-15-25(27)30/h3-16H,17-18H2,1-2H3. The lowest BCUT2D eigenvalue weighted by Crippen LogP contribution is -2.13. The quantitative estimate of drug-likeness (QED) is 0.270. The number of benzene rings is 3. The molecule has 0 fully saturated rings. The minimum Gasteiger partial charge on any atom is -0.488 e. The Hall–Kier alpha value is -4.01. The van der Waals surface area contributed by atoms with Gasteiger partial charge in [-0.2, -0.15) is 0 Å². The number of aryl methyl sites for hydroxylation is 1. The van der Waals surface area contributed by atoms with E-state index < -0.39 is 10.0 Å². The maximum atomic E-state index is 13.9. The monoisotopic (exact) mass is 500 g/mol. The van der Waals surface area contributed by atoms with Crippen molar-refractivity contribution in [1.29, 1.82) is 0 Å². The van der Waals surface area contributed by atoms with Crippen LogP contribution in [0.2, 0.25) is 0 Å². The summed E-state index contributed by atoms with van der Waals surface area (Å²) >= 11 is 0. The van der Waals surface area contributed by atoms with Crippen LogP contribution >= 0.6 is 0 Å². The molecular weight excluding hydrogens is 476 g/mol. The highest BCUT2D eigenvalue weighted by Gasteiger charge is 2.27. The number of aldehydes is 1.